The number of carbonyl (C=O) groups is 1. The number of aryl methyl sites for hydroxylation is 1. The first-order valence-electron chi connectivity index (χ1n) is 8.54. The summed E-state index contributed by atoms with van der Waals surface area (Å²) in [6.45, 7) is 0.340. The molecule has 0 aliphatic rings. The number of amides is 1. The maximum Gasteiger partial charge on any atom is 0.311 e. The van der Waals surface area contributed by atoms with Crippen molar-refractivity contribution >= 4 is 22.6 Å². The molecule has 3 rings (SSSR count). The minimum absolute atomic E-state index is 0.108. The summed E-state index contributed by atoms with van der Waals surface area (Å²) in [4.78, 5) is 27.4. The summed E-state index contributed by atoms with van der Waals surface area (Å²) in [5.74, 6) is 1.25. The third-order valence-electron chi connectivity index (χ3n) is 4.45. The number of aromatic nitrogens is 2. The van der Waals surface area contributed by atoms with Crippen molar-refractivity contribution in [2.24, 2.45) is 7.05 Å². The van der Waals surface area contributed by atoms with Crippen molar-refractivity contribution in [2.75, 3.05) is 20.8 Å². The van der Waals surface area contributed by atoms with Gasteiger partial charge in [-0.1, -0.05) is 0 Å². The molecule has 28 heavy (non-hydrogen) atoms. The third-order valence-corrected chi connectivity index (χ3v) is 4.45. The number of nitro groups is 1. The predicted octanol–water partition coefficient (Wildman–Crippen LogP) is 2.47. The van der Waals surface area contributed by atoms with Crippen LogP contribution in [0.5, 0.6) is 11.5 Å². The van der Waals surface area contributed by atoms with Crippen LogP contribution in [0.25, 0.3) is 11.0 Å². The number of nitro benzene ring substituents is 1. The molecule has 0 spiro atoms. The number of fused-ring (bicyclic) bond motifs is 1. The van der Waals surface area contributed by atoms with E-state index in [2.05, 4.69) is 10.3 Å². The largest absolute Gasteiger partial charge is 0.497 e. The smallest absolute Gasteiger partial charge is 0.311 e. The molecule has 1 aromatic heterocycles. The average Bonchev–Trinajstić information content (AvgIpc) is 3.02. The molecule has 0 fully saturated rings. The second-order valence-electron chi connectivity index (χ2n) is 6.09. The van der Waals surface area contributed by atoms with Crippen LogP contribution in [0.3, 0.4) is 0 Å². The molecular formula is C19H20N4O5. The molecule has 3 aromatic rings. The van der Waals surface area contributed by atoms with Gasteiger partial charge in [0.1, 0.15) is 11.6 Å². The van der Waals surface area contributed by atoms with Crippen LogP contribution in [0.2, 0.25) is 0 Å². The lowest BCUT2D eigenvalue weighted by Gasteiger charge is -2.07. The maximum atomic E-state index is 12.3. The van der Waals surface area contributed by atoms with E-state index in [1.54, 1.807) is 7.11 Å². The van der Waals surface area contributed by atoms with E-state index in [0.717, 1.165) is 22.6 Å². The molecule has 0 aliphatic heterocycles. The Bertz CT molecular complexity index is 1040. The third kappa shape index (κ3) is 3.73. The fourth-order valence-corrected chi connectivity index (χ4v) is 2.94. The minimum atomic E-state index is -0.580. The highest BCUT2D eigenvalue weighted by Crippen LogP contribution is 2.27. The number of carbonyl (C=O) groups excluding carboxylic acids is 1. The molecule has 9 nitrogen and oxygen atoms in total. The Morgan fingerprint density at radius 1 is 1.21 bits per heavy atom. The van der Waals surface area contributed by atoms with E-state index in [4.69, 9.17) is 9.47 Å². The molecule has 146 valence electrons. The topological polar surface area (TPSA) is 109 Å². The van der Waals surface area contributed by atoms with Crippen LogP contribution in [0, 0.1) is 10.1 Å². The van der Waals surface area contributed by atoms with Gasteiger partial charge in [-0.25, -0.2) is 4.98 Å². The lowest BCUT2D eigenvalue weighted by atomic mass is 10.1. The Hall–Kier alpha value is -3.62. The van der Waals surface area contributed by atoms with E-state index in [0.29, 0.717) is 13.0 Å². The van der Waals surface area contributed by atoms with E-state index in [1.807, 2.05) is 29.8 Å². The number of nitrogens with zero attached hydrogens (tertiary/aromatic N) is 3. The van der Waals surface area contributed by atoms with Gasteiger partial charge in [-0.05, 0) is 24.3 Å². The Labute approximate surface area is 161 Å². The summed E-state index contributed by atoms with van der Waals surface area (Å²) >= 11 is 0. The summed E-state index contributed by atoms with van der Waals surface area (Å²) in [7, 11) is 4.85. The van der Waals surface area contributed by atoms with Crippen molar-refractivity contribution < 1.29 is 19.2 Å². The van der Waals surface area contributed by atoms with Crippen molar-refractivity contribution in [2.45, 2.75) is 6.42 Å². The van der Waals surface area contributed by atoms with Gasteiger partial charge in [-0.2, -0.15) is 0 Å². The van der Waals surface area contributed by atoms with Crippen LogP contribution >= 0.6 is 0 Å². The van der Waals surface area contributed by atoms with Crippen molar-refractivity contribution in [3.8, 4) is 11.5 Å². The summed E-state index contributed by atoms with van der Waals surface area (Å²) in [6.07, 6.45) is 0.511. The fraction of sp³-hybridized carbons (Fsp3) is 0.263. The monoisotopic (exact) mass is 384 g/mol. The first-order chi connectivity index (χ1) is 13.4. The Kier molecular flexibility index (Phi) is 5.44. The van der Waals surface area contributed by atoms with Crippen LogP contribution in [0.15, 0.2) is 36.4 Å². The van der Waals surface area contributed by atoms with Gasteiger partial charge in [-0.15, -0.1) is 0 Å². The van der Waals surface area contributed by atoms with Crippen molar-refractivity contribution in [1.29, 1.82) is 0 Å². The summed E-state index contributed by atoms with van der Waals surface area (Å²) in [5.41, 5.74) is 1.73. The number of rotatable bonds is 7. The molecule has 9 heteroatoms. The number of benzene rings is 2. The van der Waals surface area contributed by atoms with Crippen molar-refractivity contribution in [1.82, 2.24) is 14.9 Å². The van der Waals surface area contributed by atoms with Crippen molar-refractivity contribution in [3.63, 3.8) is 0 Å². The quantitative estimate of drug-likeness (QED) is 0.495. The van der Waals surface area contributed by atoms with Gasteiger partial charge in [0.05, 0.1) is 30.2 Å². The summed E-state index contributed by atoms with van der Waals surface area (Å²) < 4.78 is 12.1. The van der Waals surface area contributed by atoms with E-state index in [1.165, 1.54) is 25.3 Å². The number of hydrogen-bond donors (Lipinski definition) is 1. The van der Waals surface area contributed by atoms with Crippen LogP contribution in [-0.2, 0) is 13.5 Å². The Morgan fingerprint density at radius 2 is 2.00 bits per heavy atom. The van der Waals surface area contributed by atoms with Crippen molar-refractivity contribution in [3.05, 3.63) is 57.9 Å². The average molecular weight is 384 g/mol. The number of hydrogen-bond acceptors (Lipinski definition) is 6. The molecule has 0 unspecified atom stereocenters. The van der Waals surface area contributed by atoms with Gasteiger partial charge in [0.25, 0.3) is 5.91 Å². The highest BCUT2D eigenvalue weighted by atomic mass is 16.6. The molecule has 2 aromatic carbocycles. The Balaban J connectivity index is 1.69. The van der Waals surface area contributed by atoms with Gasteiger partial charge < -0.3 is 19.4 Å². The first kappa shape index (κ1) is 19.2. The zero-order valence-electron chi connectivity index (χ0n) is 15.8. The van der Waals surface area contributed by atoms with Crippen LogP contribution in [0.4, 0.5) is 5.69 Å². The molecule has 1 heterocycles. The normalized spacial score (nSPS) is 10.7. The van der Waals surface area contributed by atoms with E-state index >= 15 is 0 Å². The van der Waals surface area contributed by atoms with Crippen LogP contribution in [-0.4, -0.2) is 41.1 Å². The van der Waals surface area contributed by atoms with Crippen LogP contribution < -0.4 is 14.8 Å². The molecule has 0 saturated carbocycles. The number of imidazole rings is 1. The number of ether oxygens (including phenoxy) is 2. The van der Waals surface area contributed by atoms with Gasteiger partial charge in [0.2, 0.25) is 0 Å². The number of nitrogens with one attached hydrogen (secondary N) is 1. The lowest BCUT2D eigenvalue weighted by molar-refractivity contribution is -0.385. The highest BCUT2D eigenvalue weighted by molar-refractivity contribution is 5.95. The fourth-order valence-electron chi connectivity index (χ4n) is 2.94. The Morgan fingerprint density at radius 3 is 2.68 bits per heavy atom. The van der Waals surface area contributed by atoms with Gasteiger partial charge >= 0.3 is 5.69 Å². The molecule has 0 aliphatic carbocycles. The van der Waals surface area contributed by atoms with Gasteiger partial charge in [0, 0.05) is 37.7 Å². The van der Waals surface area contributed by atoms with E-state index in [-0.39, 0.29) is 17.0 Å². The molecule has 0 saturated heterocycles. The standard InChI is InChI=1S/C19H20N4O5/c1-22-15-6-5-13(27-2)11-14(15)21-18(22)8-9-20-19(24)12-4-7-17(28-3)16(10-12)23(25)26/h4-7,10-11H,8-9H2,1-3H3,(H,20,24). The molecule has 0 bridgehead atoms. The van der Waals surface area contributed by atoms with E-state index in [9.17, 15) is 14.9 Å². The predicted molar refractivity (Wildman–Crippen MR) is 103 cm³/mol. The molecule has 1 N–H and O–H groups in total. The molecule has 0 radical (unpaired) electrons. The van der Waals surface area contributed by atoms with Gasteiger partial charge in [0.15, 0.2) is 5.75 Å². The van der Waals surface area contributed by atoms with E-state index < -0.39 is 10.8 Å². The minimum Gasteiger partial charge on any atom is -0.497 e. The first-order valence-corrected chi connectivity index (χ1v) is 8.54. The summed E-state index contributed by atoms with van der Waals surface area (Å²) in [6, 6.07) is 9.75. The zero-order chi connectivity index (χ0) is 20.3. The summed E-state index contributed by atoms with van der Waals surface area (Å²) in [5, 5.41) is 13.9. The lowest BCUT2D eigenvalue weighted by Crippen LogP contribution is -2.26. The second kappa shape index (κ2) is 7.95. The van der Waals surface area contributed by atoms with Gasteiger partial charge in [-0.3, -0.25) is 14.9 Å². The van der Waals surface area contributed by atoms with Crippen LogP contribution in [0.1, 0.15) is 16.2 Å². The molecule has 0 atom stereocenters. The molecule has 1 amide bonds. The number of methoxy groups -OCH3 is 2. The highest BCUT2D eigenvalue weighted by Gasteiger charge is 2.18. The second-order valence-corrected chi connectivity index (χ2v) is 6.09. The maximum absolute atomic E-state index is 12.3. The molecular weight excluding hydrogens is 364 g/mol. The SMILES string of the molecule is COc1ccc2c(c1)nc(CCNC(=O)c1ccc(OC)c([N+](=O)[O-])c1)n2C. The zero-order valence-corrected chi connectivity index (χ0v) is 15.8.